The molecule has 0 amide bonds. The Morgan fingerprint density at radius 2 is 1.74 bits per heavy atom. The summed E-state index contributed by atoms with van der Waals surface area (Å²) in [6.45, 7) is 0. The smallest absolute Gasteiger partial charge is 0.384 e. The fourth-order valence-electron chi connectivity index (χ4n) is 1.53. The second kappa shape index (κ2) is 5.14. The topological polar surface area (TPSA) is 46.0 Å². The molecule has 1 unspecified atom stereocenters. The van der Waals surface area contributed by atoms with Crippen LogP contribution in [-0.2, 0) is 6.18 Å². The molecule has 100 valence electrons. The van der Waals surface area contributed by atoms with Crippen LogP contribution in [0.25, 0.3) is 0 Å². The summed E-state index contributed by atoms with van der Waals surface area (Å²) >= 11 is 5.69. The van der Waals surface area contributed by atoms with E-state index < -0.39 is 18.0 Å². The lowest BCUT2D eigenvalue weighted by molar-refractivity contribution is -0.141. The van der Waals surface area contributed by atoms with Gasteiger partial charge in [-0.25, -0.2) is 4.98 Å². The number of halogens is 4. The Labute approximate surface area is 111 Å². The molecule has 1 N–H and O–H groups in total. The Hall–Kier alpha value is -1.66. The van der Waals surface area contributed by atoms with E-state index in [0.29, 0.717) is 5.56 Å². The number of pyridine rings is 2. The molecule has 0 saturated heterocycles. The minimum absolute atomic E-state index is 0.112. The first kappa shape index (κ1) is 13.8. The van der Waals surface area contributed by atoms with Crippen molar-refractivity contribution in [3.05, 3.63) is 58.6 Å². The van der Waals surface area contributed by atoms with Crippen molar-refractivity contribution in [2.45, 2.75) is 12.3 Å². The lowest BCUT2D eigenvalue weighted by Gasteiger charge is -2.14. The molecule has 2 heterocycles. The van der Waals surface area contributed by atoms with Gasteiger partial charge >= 0.3 is 6.18 Å². The first-order valence-electron chi connectivity index (χ1n) is 5.21. The molecule has 0 aromatic carbocycles. The number of aliphatic hydroxyl groups excluding tert-OH is 1. The van der Waals surface area contributed by atoms with Gasteiger partial charge in [0, 0.05) is 18.0 Å². The molecule has 2 aromatic heterocycles. The maximum Gasteiger partial charge on any atom is 0.433 e. The van der Waals surface area contributed by atoms with Gasteiger partial charge in [0.1, 0.15) is 17.0 Å². The summed E-state index contributed by atoms with van der Waals surface area (Å²) in [6.07, 6.45) is -2.79. The lowest BCUT2D eigenvalue weighted by Crippen LogP contribution is -2.10. The summed E-state index contributed by atoms with van der Waals surface area (Å²) in [5, 5.41) is 9.66. The zero-order valence-corrected chi connectivity index (χ0v) is 10.2. The van der Waals surface area contributed by atoms with Crippen LogP contribution in [0.1, 0.15) is 22.9 Å². The van der Waals surface area contributed by atoms with E-state index >= 15 is 0 Å². The van der Waals surface area contributed by atoms with Gasteiger partial charge in [-0.2, -0.15) is 13.2 Å². The van der Waals surface area contributed by atoms with Gasteiger partial charge in [-0.05, 0) is 23.8 Å². The number of hydrogen-bond donors (Lipinski definition) is 1. The van der Waals surface area contributed by atoms with Crippen LogP contribution in [0.5, 0.6) is 0 Å². The Balaban J connectivity index is 2.37. The van der Waals surface area contributed by atoms with E-state index in [0.717, 1.165) is 12.1 Å². The summed E-state index contributed by atoms with van der Waals surface area (Å²) in [5.41, 5.74) is -0.512. The van der Waals surface area contributed by atoms with Gasteiger partial charge in [-0.15, -0.1) is 0 Å². The van der Waals surface area contributed by atoms with Gasteiger partial charge in [0.15, 0.2) is 0 Å². The van der Waals surface area contributed by atoms with Crippen LogP contribution in [0.3, 0.4) is 0 Å². The van der Waals surface area contributed by atoms with Crippen LogP contribution in [0.4, 0.5) is 13.2 Å². The molecule has 1 atom stereocenters. The number of rotatable bonds is 2. The van der Waals surface area contributed by atoms with Crippen molar-refractivity contribution < 1.29 is 18.3 Å². The minimum atomic E-state index is -4.57. The molecule has 2 rings (SSSR count). The summed E-state index contributed by atoms with van der Waals surface area (Å²) in [6, 6.07) is 4.98. The highest BCUT2D eigenvalue weighted by atomic mass is 35.5. The first-order chi connectivity index (χ1) is 8.89. The maximum absolute atomic E-state index is 12.4. The van der Waals surface area contributed by atoms with E-state index in [1.54, 1.807) is 12.1 Å². The Bertz CT molecular complexity index is 575. The van der Waals surface area contributed by atoms with Gasteiger partial charge in [0.05, 0.1) is 0 Å². The van der Waals surface area contributed by atoms with Gasteiger partial charge in [0.25, 0.3) is 0 Å². The van der Waals surface area contributed by atoms with Crippen LogP contribution in [0.15, 0.2) is 36.7 Å². The van der Waals surface area contributed by atoms with Crippen molar-refractivity contribution in [1.29, 1.82) is 0 Å². The summed E-state index contributed by atoms with van der Waals surface area (Å²) in [5.74, 6) is 0. The molecule has 0 aliphatic rings. The highest BCUT2D eigenvalue weighted by Crippen LogP contribution is 2.32. The zero-order chi connectivity index (χ0) is 14.0. The van der Waals surface area contributed by atoms with Crippen LogP contribution < -0.4 is 0 Å². The third kappa shape index (κ3) is 3.02. The number of aliphatic hydroxyl groups is 1. The van der Waals surface area contributed by atoms with Crippen LogP contribution in [0, 0.1) is 0 Å². The Morgan fingerprint density at radius 1 is 1.11 bits per heavy atom. The number of hydrogen-bond acceptors (Lipinski definition) is 3. The van der Waals surface area contributed by atoms with E-state index in [-0.39, 0.29) is 10.7 Å². The summed E-state index contributed by atoms with van der Waals surface area (Å²) in [7, 11) is 0. The second-order valence-corrected chi connectivity index (χ2v) is 4.12. The van der Waals surface area contributed by atoms with Crippen LogP contribution in [0.2, 0.25) is 5.15 Å². The van der Waals surface area contributed by atoms with Crippen molar-refractivity contribution in [2.75, 3.05) is 0 Å². The van der Waals surface area contributed by atoms with Crippen molar-refractivity contribution >= 4 is 11.6 Å². The average Bonchev–Trinajstić information content (AvgIpc) is 2.38. The van der Waals surface area contributed by atoms with E-state index in [1.807, 2.05) is 0 Å². The van der Waals surface area contributed by atoms with E-state index in [1.165, 1.54) is 12.4 Å². The predicted octanol–water partition coefficient (Wildman–Crippen LogP) is 3.23. The predicted molar refractivity (Wildman–Crippen MR) is 62.5 cm³/mol. The van der Waals surface area contributed by atoms with E-state index in [2.05, 4.69) is 9.97 Å². The van der Waals surface area contributed by atoms with Crippen molar-refractivity contribution in [2.24, 2.45) is 0 Å². The average molecular weight is 289 g/mol. The molecule has 0 bridgehead atoms. The van der Waals surface area contributed by atoms with Crippen LogP contribution in [-0.4, -0.2) is 15.1 Å². The quantitative estimate of drug-likeness (QED) is 0.863. The van der Waals surface area contributed by atoms with Crippen molar-refractivity contribution in [1.82, 2.24) is 9.97 Å². The summed E-state index contributed by atoms with van der Waals surface area (Å²) < 4.78 is 37.3. The zero-order valence-electron chi connectivity index (χ0n) is 9.39. The number of aromatic nitrogens is 2. The molecular formula is C12H8ClF3N2O. The highest BCUT2D eigenvalue weighted by Gasteiger charge is 2.33. The largest absolute Gasteiger partial charge is 0.433 e. The van der Waals surface area contributed by atoms with E-state index in [9.17, 15) is 18.3 Å². The fourth-order valence-corrected chi connectivity index (χ4v) is 1.79. The molecule has 0 aliphatic carbocycles. The Kier molecular flexibility index (Phi) is 3.73. The lowest BCUT2D eigenvalue weighted by atomic mass is 10.0. The minimum Gasteiger partial charge on any atom is -0.384 e. The van der Waals surface area contributed by atoms with Gasteiger partial charge < -0.3 is 5.11 Å². The monoisotopic (exact) mass is 288 g/mol. The third-order valence-corrected chi connectivity index (χ3v) is 2.79. The third-order valence-electron chi connectivity index (χ3n) is 2.48. The molecule has 0 spiro atoms. The fraction of sp³-hybridized carbons (Fsp3) is 0.167. The van der Waals surface area contributed by atoms with Gasteiger partial charge in [-0.1, -0.05) is 17.7 Å². The molecule has 2 aromatic rings. The molecule has 3 nitrogen and oxygen atoms in total. The second-order valence-electron chi connectivity index (χ2n) is 3.76. The molecule has 0 fully saturated rings. The first-order valence-corrected chi connectivity index (χ1v) is 5.59. The van der Waals surface area contributed by atoms with Gasteiger partial charge in [-0.3, -0.25) is 4.98 Å². The molecular weight excluding hydrogens is 281 g/mol. The maximum atomic E-state index is 12.4. The Morgan fingerprint density at radius 3 is 2.26 bits per heavy atom. The molecule has 0 radical (unpaired) electrons. The van der Waals surface area contributed by atoms with Gasteiger partial charge in [0.2, 0.25) is 0 Å². The molecule has 0 aliphatic heterocycles. The molecule has 0 saturated carbocycles. The molecule has 19 heavy (non-hydrogen) atoms. The number of alkyl halides is 3. The van der Waals surface area contributed by atoms with Crippen molar-refractivity contribution in [3.63, 3.8) is 0 Å². The normalized spacial score (nSPS) is 13.3. The highest BCUT2D eigenvalue weighted by molar-refractivity contribution is 6.30. The van der Waals surface area contributed by atoms with Crippen molar-refractivity contribution in [3.8, 4) is 0 Å². The van der Waals surface area contributed by atoms with Crippen LogP contribution >= 0.6 is 11.6 Å². The van der Waals surface area contributed by atoms with E-state index in [4.69, 9.17) is 11.6 Å². The summed E-state index contributed by atoms with van der Waals surface area (Å²) in [4.78, 5) is 7.04. The number of nitrogens with zero attached hydrogens (tertiary/aromatic N) is 2. The SMILES string of the molecule is OC(c1ccncc1)c1ccc(C(F)(F)F)nc1Cl. The standard InChI is InChI=1S/C12H8ClF3N2O/c13-11-8(1-2-9(18-11)12(14,15)16)10(19)7-3-5-17-6-4-7/h1-6,10,19H. The molecule has 7 heteroatoms.